The van der Waals surface area contributed by atoms with E-state index in [1.54, 1.807) is 0 Å². The molecule has 4 heteroatoms. The zero-order chi connectivity index (χ0) is 8.10. The van der Waals surface area contributed by atoms with Crippen molar-refractivity contribution in [1.29, 1.82) is 0 Å². The second-order valence-corrected chi connectivity index (χ2v) is 2.54. The average Bonchev–Trinajstić information content (AvgIpc) is 2.07. The van der Waals surface area contributed by atoms with Crippen molar-refractivity contribution in [3.05, 3.63) is 0 Å². The summed E-state index contributed by atoms with van der Waals surface area (Å²) in [5.41, 5.74) is 0. The maximum Gasteiger partial charge on any atom is 0.273 e. The molecule has 1 heterocycles. The summed E-state index contributed by atoms with van der Waals surface area (Å²) >= 11 is 0. The van der Waals surface area contributed by atoms with Gasteiger partial charge in [0.2, 0.25) is 6.08 Å². The lowest BCUT2D eigenvalue weighted by Crippen LogP contribution is -2.39. The predicted molar refractivity (Wildman–Crippen MR) is 38.8 cm³/mol. The SMILES string of the molecule is O=C=NC(=O)C1CCCCN1. The molecule has 0 aromatic carbocycles. The summed E-state index contributed by atoms with van der Waals surface area (Å²) in [6.07, 6.45) is 4.15. The van der Waals surface area contributed by atoms with Crippen LogP contribution in [0.1, 0.15) is 19.3 Å². The van der Waals surface area contributed by atoms with Gasteiger partial charge in [0.15, 0.2) is 0 Å². The van der Waals surface area contributed by atoms with Gasteiger partial charge in [-0.15, -0.1) is 4.99 Å². The number of carbonyl (C=O) groups is 1. The fraction of sp³-hybridized carbons (Fsp3) is 0.714. The van der Waals surface area contributed by atoms with Crippen LogP contribution in [0.15, 0.2) is 4.99 Å². The van der Waals surface area contributed by atoms with Crippen LogP contribution in [0, 0.1) is 0 Å². The third-order valence-electron chi connectivity index (χ3n) is 1.76. The zero-order valence-electron chi connectivity index (χ0n) is 6.17. The highest BCUT2D eigenvalue weighted by Crippen LogP contribution is 2.07. The van der Waals surface area contributed by atoms with E-state index >= 15 is 0 Å². The Kier molecular flexibility index (Phi) is 2.95. The third kappa shape index (κ3) is 2.26. The molecule has 0 aliphatic carbocycles. The Morgan fingerprint density at radius 1 is 1.55 bits per heavy atom. The van der Waals surface area contributed by atoms with Gasteiger partial charge in [0, 0.05) is 0 Å². The Hall–Kier alpha value is -0.990. The van der Waals surface area contributed by atoms with Crippen molar-refractivity contribution in [3.8, 4) is 0 Å². The first-order valence-electron chi connectivity index (χ1n) is 3.69. The molecule has 0 aromatic heterocycles. The van der Waals surface area contributed by atoms with Crippen LogP contribution in [-0.2, 0) is 9.59 Å². The van der Waals surface area contributed by atoms with E-state index in [2.05, 4.69) is 10.3 Å². The molecule has 1 aliphatic heterocycles. The number of piperidine rings is 1. The van der Waals surface area contributed by atoms with Crippen LogP contribution in [0.3, 0.4) is 0 Å². The number of isocyanates is 1. The molecule has 0 bridgehead atoms. The van der Waals surface area contributed by atoms with Gasteiger partial charge in [0.25, 0.3) is 5.91 Å². The summed E-state index contributed by atoms with van der Waals surface area (Å²) in [6.45, 7) is 0.838. The predicted octanol–water partition coefficient (Wildman–Crippen LogP) is -0.00910. The number of amides is 1. The van der Waals surface area contributed by atoms with E-state index in [0.717, 1.165) is 25.8 Å². The first-order valence-corrected chi connectivity index (χ1v) is 3.69. The van der Waals surface area contributed by atoms with E-state index in [9.17, 15) is 9.59 Å². The standard InChI is InChI=1S/C7H10N2O2/c10-5-9-7(11)6-3-1-2-4-8-6/h6,8H,1-4H2. The summed E-state index contributed by atoms with van der Waals surface area (Å²) in [5, 5.41) is 2.98. The Morgan fingerprint density at radius 3 is 2.91 bits per heavy atom. The number of aliphatic imine (C=N–C) groups is 1. The van der Waals surface area contributed by atoms with E-state index in [4.69, 9.17) is 0 Å². The van der Waals surface area contributed by atoms with Crippen molar-refractivity contribution in [2.24, 2.45) is 4.99 Å². The van der Waals surface area contributed by atoms with Crippen LogP contribution in [0.2, 0.25) is 0 Å². The number of rotatable bonds is 1. The molecule has 1 fully saturated rings. The Bertz CT molecular complexity index is 191. The van der Waals surface area contributed by atoms with Crippen LogP contribution in [0.25, 0.3) is 0 Å². The maximum absolute atomic E-state index is 10.9. The Labute approximate surface area is 64.7 Å². The van der Waals surface area contributed by atoms with E-state index in [1.165, 1.54) is 6.08 Å². The van der Waals surface area contributed by atoms with E-state index in [-0.39, 0.29) is 11.9 Å². The Balaban J connectivity index is 2.44. The second-order valence-electron chi connectivity index (χ2n) is 2.54. The second kappa shape index (κ2) is 4.01. The molecule has 4 nitrogen and oxygen atoms in total. The van der Waals surface area contributed by atoms with Gasteiger partial charge >= 0.3 is 0 Å². The highest BCUT2D eigenvalue weighted by Gasteiger charge is 2.19. The van der Waals surface area contributed by atoms with Crippen LogP contribution < -0.4 is 5.32 Å². The van der Waals surface area contributed by atoms with Gasteiger partial charge in [-0.2, -0.15) is 0 Å². The van der Waals surface area contributed by atoms with Crippen LogP contribution >= 0.6 is 0 Å². The zero-order valence-corrected chi connectivity index (χ0v) is 6.17. The maximum atomic E-state index is 10.9. The molecule has 1 amide bonds. The van der Waals surface area contributed by atoms with Gasteiger partial charge in [0.1, 0.15) is 0 Å². The fourth-order valence-corrected chi connectivity index (χ4v) is 1.19. The molecule has 0 radical (unpaired) electrons. The smallest absolute Gasteiger partial charge is 0.273 e. The molecule has 1 rings (SSSR count). The summed E-state index contributed by atoms with van der Waals surface area (Å²) in [6, 6.07) is -0.245. The minimum absolute atomic E-state index is 0.245. The minimum atomic E-state index is -0.389. The van der Waals surface area contributed by atoms with Gasteiger partial charge in [0.05, 0.1) is 6.04 Å². The lowest BCUT2D eigenvalue weighted by atomic mass is 10.1. The normalized spacial score (nSPS) is 23.8. The van der Waals surface area contributed by atoms with Crippen molar-refractivity contribution in [1.82, 2.24) is 5.32 Å². The molecule has 0 aromatic rings. The molecule has 1 atom stereocenters. The molecule has 1 saturated heterocycles. The molecular weight excluding hydrogens is 144 g/mol. The van der Waals surface area contributed by atoms with Gasteiger partial charge in [-0.1, -0.05) is 6.42 Å². The molecular formula is C7H10N2O2. The number of nitrogens with one attached hydrogen (secondary N) is 1. The summed E-state index contributed by atoms with van der Waals surface area (Å²) < 4.78 is 0. The van der Waals surface area contributed by atoms with Crippen molar-refractivity contribution >= 4 is 12.0 Å². The van der Waals surface area contributed by atoms with E-state index in [1.807, 2.05) is 0 Å². The quantitative estimate of drug-likeness (QED) is 0.427. The van der Waals surface area contributed by atoms with Crippen molar-refractivity contribution in [2.45, 2.75) is 25.3 Å². The molecule has 1 N–H and O–H groups in total. The first-order chi connectivity index (χ1) is 5.34. The van der Waals surface area contributed by atoms with Gasteiger partial charge < -0.3 is 5.32 Å². The number of hydrogen-bond donors (Lipinski definition) is 1. The van der Waals surface area contributed by atoms with Gasteiger partial charge in [-0.25, -0.2) is 4.79 Å². The van der Waals surface area contributed by atoms with Gasteiger partial charge in [-0.3, -0.25) is 4.79 Å². The summed E-state index contributed by atoms with van der Waals surface area (Å²) in [4.78, 5) is 23.7. The minimum Gasteiger partial charge on any atom is -0.306 e. The number of hydrogen-bond acceptors (Lipinski definition) is 3. The lowest BCUT2D eigenvalue weighted by molar-refractivity contribution is -0.120. The fourth-order valence-electron chi connectivity index (χ4n) is 1.19. The molecule has 1 aliphatic rings. The summed E-state index contributed by atoms with van der Waals surface area (Å²) in [5.74, 6) is -0.389. The van der Waals surface area contributed by atoms with Crippen molar-refractivity contribution < 1.29 is 9.59 Å². The highest BCUT2D eigenvalue weighted by atomic mass is 16.2. The monoisotopic (exact) mass is 154 g/mol. The third-order valence-corrected chi connectivity index (χ3v) is 1.76. The topological polar surface area (TPSA) is 58.5 Å². The molecule has 0 spiro atoms. The van der Waals surface area contributed by atoms with E-state index in [0.29, 0.717) is 0 Å². The highest BCUT2D eigenvalue weighted by molar-refractivity contribution is 5.86. The van der Waals surface area contributed by atoms with Crippen LogP contribution in [0.4, 0.5) is 0 Å². The Morgan fingerprint density at radius 2 is 2.36 bits per heavy atom. The van der Waals surface area contributed by atoms with Crippen LogP contribution in [-0.4, -0.2) is 24.6 Å². The lowest BCUT2D eigenvalue weighted by Gasteiger charge is -2.19. The average molecular weight is 154 g/mol. The van der Waals surface area contributed by atoms with E-state index < -0.39 is 0 Å². The van der Waals surface area contributed by atoms with Crippen molar-refractivity contribution in [3.63, 3.8) is 0 Å². The first kappa shape index (κ1) is 8.11. The largest absolute Gasteiger partial charge is 0.306 e. The molecule has 0 saturated carbocycles. The molecule has 11 heavy (non-hydrogen) atoms. The molecule has 60 valence electrons. The molecule has 1 unspecified atom stereocenters. The number of carbonyl (C=O) groups excluding carboxylic acids is 2. The van der Waals surface area contributed by atoms with Crippen LogP contribution in [0.5, 0.6) is 0 Å². The van der Waals surface area contributed by atoms with Crippen molar-refractivity contribution in [2.75, 3.05) is 6.54 Å². The summed E-state index contributed by atoms with van der Waals surface area (Å²) in [7, 11) is 0. The van der Waals surface area contributed by atoms with Gasteiger partial charge in [-0.05, 0) is 19.4 Å². The number of nitrogens with zero attached hydrogens (tertiary/aromatic N) is 1.